The Morgan fingerprint density at radius 2 is 1.50 bits per heavy atom. The maximum atomic E-state index is 13.9. The second-order valence-electron chi connectivity index (χ2n) is 9.23. The smallest absolute Gasteiger partial charge is 0.264 e. The Hall–Kier alpha value is -3.65. The summed E-state index contributed by atoms with van der Waals surface area (Å²) < 4.78 is 28.8. The molecule has 8 heteroatoms. The van der Waals surface area contributed by atoms with E-state index in [0.29, 0.717) is 25.1 Å². The molecule has 0 aliphatic carbocycles. The zero-order valence-electron chi connectivity index (χ0n) is 22.6. The first kappa shape index (κ1) is 28.9. The van der Waals surface area contributed by atoms with Crippen molar-refractivity contribution in [2.75, 3.05) is 23.9 Å². The fourth-order valence-electron chi connectivity index (χ4n) is 4.32. The second kappa shape index (κ2) is 13.2. The Morgan fingerprint density at radius 1 is 0.868 bits per heavy atom. The minimum Gasteiger partial charge on any atom is -0.355 e. The molecule has 7 nitrogen and oxygen atoms in total. The molecule has 3 rings (SSSR count). The number of nitrogens with zero attached hydrogens (tertiary/aromatic N) is 2. The first-order chi connectivity index (χ1) is 18.2. The van der Waals surface area contributed by atoms with Gasteiger partial charge < -0.3 is 10.2 Å². The highest BCUT2D eigenvalue weighted by Gasteiger charge is 2.33. The van der Waals surface area contributed by atoms with Crippen LogP contribution >= 0.6 is 0 Å². The molecule has 0 heterocycles. The minimum atomic E-state index is -4.06. The van der Waals surface area contributed by atoms with Gasteiger partial charge in [0.05, 0.1) is 10.6 Å². The maximum Gasteiger partial charge on any atom is 0.264 e. The molecule has 0 unspecified atom stereocenters. The molecule has 0 aliphatic heterocycles. The zero-order chi connectivity index (χ0) is 27.7. The number of likely N-dealkylation sites (N-methyl/N-ethyl adjacent to an activating group) is 1. The van der Waals surface area contributed by atoms with E-state index in [9.17, 15) is 18.0 Å². The number of aryl methyl sites for hydroxylation is 2. The number of hydrogen-bond acceptors (Lipinski definition) is 4. The summed E-state index contributed by atoms with van der Waals surface area (Å²) in [5.41, 5.74) is 3.36. The van der Waals surface area contributed by atoms with Crippen LogP contribution in [-0.4, -0.2) is 50.8 Å². The summed E-state index contributed by atoms with van der Waals surface area (Å²) in [5, 5.41) is 2.82. The number of carbonyl (C=O) groups excluding carboxylic acids is 2. The Bertz CT molecular complexity index is 1330. The van der Waals surface area contributed by atoms with Crippen LogP contribution < -0.4 is 9.62 Å². The predicted octanol–water partition coefficient (Wildman–Crippen LogP) is 4.48. The second-order valence-corrected chi connectivity index (χ2v) is 11.1. The van der Waals surface area contributed by atoms with Crippen molar-refractivity contribution in [3.05, 3.63) is 95.6 Å². The molecular weight excluding hydrogens is 498 g/mol. The van der Waals surface area contributed by atoms with Gasteiger partial charge in [-0.15, -0.1) is 0 Å². The van der Waals surface area contributed by atoms with E-state index in [0.717, 1.165) is 21.0 Å². The summed E-state index contributed by atoms with van der Waals surface area (Å²) >= 11 is 0. The van der Waals surface area contributed by atoms with Crippen molar-refractivity contribution in [2.24, 2.45) is 0 Å². The predicted molar refractivity (Wildman–Crippen MR) is 152 cm³/mol. The number of rotatable bonds is 12. The summed E-state index contributed by atoms with van der Waals surface area (Å²) in [4.78, 5) is 28.5. The molecule has 2 amide bonds. The highest BCUT2D eigenvalue weighted by molar-refractivity contribution is 7.92. The first-order valence-electron chi connectivity index (χ1n) is 12.9. The summed E-state index contributed by atoms with van der Waals surface area (Å²) in [6, 6.07) is 22.4. The first-order valence-corrected chi connectivity index (χ1v) is 14.4. The van der Waals surface area contributed by atoms with Gasteiger partial charge in [0.2, 0.25) is 11.8 Å². The molecule has 3 aromatic carbocycles. The monoisotopic (exact) mass is 535 g/mol. The Morgan fingerprint density at radius 3 is 2.08 bits per heavy atom. The van der Waals surface area contributed by atoms with Gasteiger partial charge in [-0.2, -0.15) is 0 Å². The third kappa shape index (κ3) is 7.01. The molecule has 0 aliphatic rings. The summed E-state index contributed by atoms with van der Waals surface area (Å²) in [7, 11) is -4.06. The van der Waals surface area contributed by atoms with Crippen LogP contribution in [0, 0.1) is 13.8 Å². The van der Waals surface area contributed by atoms with Gasteiger partial charge in [0.1, 0.15) is 12.6 Å². The fourth-order valence-corrected chi connectivity index (χ4v) is 5.74. The molecule has 0 saturated carbocycles. The van der Waals surface area contributed by atoms with Crippen LogP contribution in [0.15, 0.2) is 83.8 Å². The summed E-state index contributed by atoms with van der Waals surface area (Å²) in [5.74, 6) is -0.683. The molecule has 0 aromatic heterocycles. The van der Waals surface area contributed by atoms with Crippen LogP contribution in [-0.2, 0) is 26.0 Å². The van der Waals surface area contributed by atoms with Crippen molar-refractivity contribution in [2.45, 2.75) is 51.5 Å². The Kier molecular flexibility index (Phi) is 10.1. The van der Waals surface area contributed by atoms with Gasteiger partial charge in [-0.3, -0.25) is 13.9 Å². The van der Waals surface area contributed by atoms with E-state index >= 15 is 0 Å². The van der Waals surface area contributed by atoms with Crippen molar-refractivity contribution < 1.29 is 18.0 Å². The van der Waals surface area contributed by atoms with Crippen molar-refractivity contribution in [1.82, 2.24) is 10.2 Å². The number of sulfonamides is 1. The van der Waals surface area contributed by atoms with Gasteiger partial charge in [-0.25, -0.2) is 8.42 Å². The Labute approximate surface area is 226 Å². The van der Waals surface area contributed by atoms with Crippen LogP contribution in [0.25, 0.3) is 0 Å². The zero-order valence-corrected chi connectivity index (χ0v) is 23.4. The number of carbonyl (C=O) groups is 2. The van der Waals surface area contributed by atoms with Gasteiger partial charge in [0, 0.05) is 13.1 Å². The van der Waals surface area contributed by atoms with Crippen LogP contribution in [0.4, 0.5) is 5.69 Å². The van der Waals surface area contributed by atoms with E-state index in [1.54, 1.807) is 30.3 Å². The van der Waals surface area contributed by atoms with Crippen molar-refractivity contribution in [3.63, 3.8) is 0 Å². The quantitative estimate of drug-likeness (QED) is 0.370. The molecule has 1 N–H and O–H groups in total. The number of amides is 2. The van der Waals surface area contributed by atoms with Crippen LogP contribution in [0.1, 0.15) is 37.0 Å². The van der Waals surface area contributed by atoms with Crippen molar-refractivity contribution in [3.8, 4) is 0 Å². The normalized spacial score (nSPS) is 12.0. The SMILES string of the molecule is CCNC(=O)[C@H](CC)N(CCc1ccccc1)C(=O)CN(c1ccc(C)c(C)c1)S(=O)(=O)c1ccccc1. The molecule has 1 atom stereocenters. The Balaban J connectivity index is 2.01. The number of anilines is 1. The van der Waals surface area contributed by atoms with E-state index in [1.807, 2.05) is 64.1 Å². The van der Waals surface area contributed by atoms with E-state index in [4.69, 9.17) is 0 Å². The minimum absolute atomic E-state index is 0.0950. The number of nitrogens with one attached hydrogen (secondary N) is 1. The van der Waals surface area contributed by atoms with Crippen LogP contribution in [0.2, 0.25) is 0 Å². The topological polar surface area (TPSA) is 86.8 Å². The van der Waals surface area contributed by atoms with Gasteiger partial charge >= 0.3 is 0 Å². The van der Waals surface area contributed by atoms with E-state index in [2.05, 4.69) is 5.32 Å². The highest BCUT2D eigenvalue weighted by atomic mass is 32.2. The van der Waals surface area contributed by atoms with Crippen LogP contribution in [0.5, 0.6) is 0 Å². The molecule has 0 saturated heterocycles. The van der Waals surface area contributed by atoms with Crippen LogP contribution in [0.3, 0.4) is 0 Å². The lowest BCUT2D eigenvalue weighted by molar-refractivity contribution is -0.139. The van der Waals surface area contributed by atoms with Gasteiger partial charge in [-0.1, -0.05) is 61.5 Å². The molecule has 0 radical (unpaired) electrons. The summed E-state index contributed by atoms with van der Waals surface area (Å²) in [6.07, 6.45) is 0.943. The van der Waals surface area contributed by atoms with E-state index in [-0.39, 0.29) is 17.3 Å². The molecule has 0 fully saturated rings. The molecular formula is C30H37N3O4S. The fraction of sp³-hybridized carbons (Fsp3) is 0.333. The van der Waals surface area contributed by atoms with Gasteiger partial charge in [0.25, 0.3) is 10.0 Å². The lowest BCUT2D eigenvalue weighted by Gasteiger charge is -2.33. The molecule has 202 valence electrons. The number of benzene rings is 3. The molecule has 0 spiro atoms. The lowest BCUT2D eigenvalue weighted by Crippen LogP contribution is -2.53. The number of hydrogen-bond donors (Lipinski definition) is 1. The molecule has 38 heavy (non-hydrogen) atoms. The van der Waals surface area contributed by atoms with E-state index < -0.39 is 28.5 Å². The standard InChI is InChI=1S/C30H37N3O4S/c1-5-28(30(35)31-6-2)32(20-19-25-13-9-7-10-14-25)29(34)22-33(26-18-17-23(3)24(4)21-26)38(36,37)27-15-11-8-12-16-27/h7-18,21,28H,5-6,19-20,22H2,1-4H3,(H,31,35)/t28-/m0/s1. The van der Waals surface area contributed by atoms with Gasteiger partial charge in [0.15, 0.2) is 0 Å². The van der Waals surface area contributed by atoms with Crippen molar-refractivity contribution >= 4 is 27.5 Å². The third-order valence-corrected chi connectivity index (χ3v) is 8.40. The average Bonchev–Trinajstić information content (AvgIpc) is 2.92. The van der Waals surface area contributed by atoms with Crippen molar-refractivity contribution in [1.29, 1.82) is 0 Å². The third-order valence-electron chi connectivity index (χ3n) is 6.61. The largest absolute Gasteiger partial charge is 0.355 e. The van der Waals surface area contributed by atoms with Gasteiger partial charge in [-0.05, 0) is 74.6 Å². The lowest BCUT2D eigenvalue weighted by atomic mass is 10.1. The maximum absolute atomic E-state index is 13.9. The van der Waals surface area contributed by atoms with E-state index in [1.165, 1.54) is 17.0 Å². The highest BCUT2D eigenvalue weighted by Crippen LogP contribution is 2.26. The summed E-state index contributed by atoms with van der Waals surface area (Å²) in [6.45, 7) is 7.83. The molecule has 0 bridgehead atoms. The average molecular weight is 536 g/mol. The molecule has 3 aromatic rings.